The van der Waals surface area contributed by atoms with Gasteiger partial charge >= 0.3 is 10.1 Å². The van der Waals surface area contributed by atoms with Crippen LogP contribution in [0.15, 0.2) is 57.8 Å². The van der Waals surface area contributed by atoms with Gasteiger partial charge in [0.05, 0.1) is 31.7 Å². The minimum atomic E-state index is -4.04. The maximum Gasteiger partial charge on any atom is 0.358 e. The van der Waals surface area contributed by atoms with Crippen LogP contribution in [0.2, 0.25) is 0 Å². The number of benzene rings is 1. The van der Waals surface area contributed by atoms with Gasteiger partial charge in [-0.1, -0.05) is 88.1 Å². The summed E-state index contributed by atoms with van der Waals surface area (Å²) in [6, 6.07) is 8.85. The summed E-state index contributed by atoms with van der Waals surface area (Å²) >= 11 is 0. The minimum absolute atomic E-state index is 0.0628. The molecule has 0 atom stereocenters. The van der Waals surface area contributed by atoms with E-state index < -0.39 is 10.1 Å². The monoisotopic (exact) mass is 486 g/mol. The minimum Gasteiger partial charge on any atom is -0.501 e. The Labute approximate surface area is 205 Å². The lowest BCUT2D eigenvalue weighted by Crippen LogP contribution is -2.12. The number of aryl methyl sites for hydroxylation is 1. The van der Waals surface area contributed by atoms with Crippen molar-refractivity contribution in [3.63, 3.8) is 0 Å². The van der Waals surface area contributed by atoms with Crippen molar-refractivity contribution in [2.75, 3.05) is 7.11 Å². The average Bonchev–Trinajstić information content (AvgIpc) is 2.85. The van der Waals surface area contributed by atoms with E-state index in [1.807, 2.05) is 12.1 Å². The van der Waals surface area contributed by atoms with Crippen LogP contribution in [0.25, 0.3) is 0 Å². The van der Waals surface area contributed by atoms with E-state index in [9.17, 15) is 8.42 Å². The molecule has 0 radical (unpaired) electrons. The molecule has 1 aromatic carbocycles. The van der Waals surface area contributed by atoms with Crippen LogP contribution in [0, 0.1) is 11.3 Å². The summed E-state index contributed by atoms with van der Waals surface area (Å²) in [4.78, 5) is 0.0628. The van der Waals surface area contributed by atoms with Crippen molar-refractivity contribution in [3.8, 4) is 6.07 Å². The molecule has 0 bridgehead atoms. The van der Waals surface area contributed by atoms with Gasteiger partial charge in [0.15, 0.2) is 0 Å². The molecule has 0 saturated heterocycles. The summed E-state index contributed by atoms with van der Waals surface area (Å²) < 4.78 is 35.3. The fraction of sp³-hybridized carbons (Fsp3) is 0.556. The Morgan fingerprint density at radius 2 is 1.56 bits per heavy atom. The van der Waals surface area contributed by atoms with E-state index in [0.29, 0.717) is 17.0 Å². The molecule has 1 aromatic rings. The number of rotatable bonds is 16. The van der Waals surface area contributed by atoms with Crippen molar-refractivity contribution < 1.29 is 17.4 Å². The number of allylic oxidation sites excluding steroid dienone is 4. The second-order valence-electron chi connectivity index (χ2n) is 8.68. The molecule has 0 heterocycles. The van der Waals surface area contributed by atoms with E-state index >= 15 is 0 Å². The molecule has 0 aromatic heterocycles. The highest BCUT2D eigenvalue weighted by Gasteiger charge is 2.19. The van der Waals surface area contributed by atoms with Gasteiger partial charge in [0.2, 0.25) is 0 Å². The fourth-order valence-electron chi connectivity index (χ4n) is 3.88. The molecule has 0 aliphatic heterocycles. The third kappa shape index (κ3) is 9.72. The van der Waals surface area contributed by atoms with Crippen molar-refractivity contribution in [2.24, 2.45) is 5.16 Å². The van der Waals surface area contributed by atoms with Gasteiger partial charge < -0.3 is 4.74 Å². The first-order valence-electron chi connectivity index (χ1n) is 12.4. The van der Waals surface area contributed by atoms with Crippen LogP contribution >= 0.6 is 0 Å². The van der Waals surface area contributed by atoms with Gasteiger partial charge in [0.1, 0.15) is 10.7 Å². The molecule has 0 fully saturated rings. The summed E-state index contributed by atoms with van der Waals surface area (Å²) in [5.41, 5.74) is 2.11. The predicted octanol–water partition coefficient (Wildman–Crippen LogP) is 6.99. The van der Waals surface area contributed by atoms with Gasteiger partial charge in [-0.25, -0.2) is 0 Å². The highest BCUT2D eigenvalue weighted by atomic mass is 32.2. The van der Waals surface area contributed by atoms with Crippen LogP contribution in [0.4, 0.5) is 0 Å². The Kier molecular flexibility index (Phi) is 12.5. The smallest absolute Gasteiger partial charge is 0.358 e. The van der Waals surface area contributed by atoms with Gasteiger partial charge in [0.25, 0.3) is 0 Å². The molecular weight excluding hydrogens is 448 g/mol. The van der Waals surface area contributed by atoms with Gasteiger partial charge in [-0.3, -0.25) is 4.28 Å². The van der Waals surface area contributed by atoms with Gasteiger partial charge in [-0.05, 0) is 42.2 Å². The Hall–Kier alpha value is -2.59. The summed E-state index contributed by atoms with van der Waals surface area (Å²) in [5, 5.41) is 12.8. The second kappa shape index (κ2) is 15.3. The van der Waals surface area contributed by atoms with Crippen LogP contribution in [0.1, 0.15) is 89.5 Å². The quantitative estimate of drug-likeness (QED) is 0.186. The molecule has 186 valence electrons. The second-order valence-corrected chi connectivity index (χ2v) is 10.2. The number of oxime groups is 1. The highest BCUT2D eigenvalue weighted by molar-refractivity contribution is 7.86. The maximum atomic E-state index is 12.6. The SMILES string of the molecule is CCCCCCCCCCCCc1ccc(S(=O)(=O)ON=C2CC(OC)=CC=C2CC#N)cc1. The highest BCUT2D eigenvalue weighted by Crippen LogP contribution is 2.21. The first kappa shape index (κ1) is 27.7. The molecule has 6 nitrogen and oxygen atoms in total. The predicted molar refractivity (Wildman–Crippen MR) is 136 cm³/mol. The molecule has 2 rings (SSSR count). The first-order valence-corrected chi connectivity index (χ1v) is 13.8. The zero-order valence-electron chi connectivity index (χ0n) is 20.6. The number of hydrogen-bond acceptors (Lipinski definition) is 6. The molecule has 1 aliphatic rings. The lowest BCUT2D eigenvalue weighted by molar-refractivity contribution is 0.284. The lowest BCUT2D eigenvalue weighted by Gasteiger charge is -2.14. The lowest BCUT2D eigenvalue weighted by atomic mass is 9.99. The van der Waals surface area contributed by atoms with E-state index in [4.69, 9.17) is 14.3 Å². The zero-order valence-corrected chi connectivity index (χ0v) is 21.4. The van der Waals surface area contributed by atoms with Crippen molar-refractivity contribution in [2.45, 2.75) is 95.3 Å². The van der Waals surface area contributed by atoms with Crippen LogP contribution in [-0.2, 0) is 25.6 Å². The molecule has 0 N–H and O–H groups in total. The fourth-order valence-corrected chi connectivity index (χ4v) is 4.62. The van der Waals surface area contributed by atoms with Crippen LogP contribution in [-0.4, -0.2) is 21.2 Å². The van der Waals surface area contributed by atoms with E-state index in [1.165, 1.54) is 64.9 Å². The Morgan fingerprint density at radius 3 is 2.15 bits per heavy atom. The largest absolute Gasteiger partial charge is 0.501 e. The molecule has 34 heavy (non-hydrogen) atoms. The summed E-state index contributed by atoms with van der Waals surface area (Å²) in [7, 11) is -2.51. The number of methoxy groups -OCH3 is 1. The number of nitriles is 1. The molecule has 0 unspecified atom stereocenters. The third-order valence-electron chi connectivity index (χ3n) is 5.99. The summed E-state index contributed by atoms with van der Waals surface area (Å²) in [6.45, 7) is 2.24. The van der Waals surface area contributed by atoms with Crippen molar-refractivity contribution >= 4 is 15.8 Å². The average molecular weight is 487 g/mol. The van der Waals surface area contributed by atoms with E-state index in [0.717, 1.165) is 18.4 Å². The summed E-state index contributed by atoms with van der Waals surface area (Å²) in [6.07, 6.45) is 17.7. The summed E-state index contributed by atoms with van der Waals surface area (Å²) in [5.74, 6) is 0.623. The van der Waals surface area contributed by atoms with Gasteiger partial charge in [-0.15, -0.1) is 0 Å². The van der Waals surface area contributed by atoms with Crippen molar-refractivity contribution in [1.82, 2.24) is 0 Å². The topological polar surface area (TPSA) is 88.8 Å². The molecular formula is C27H38N2O4S. The Bertz CT molecular complexity index is 986. The van der Waals surface area contributed by atoms with Crippen molar-refractivity contribution in [1.29, 1.82) is 5.26 Å². The van der Waals surface area contributed by atoms with E-state index in [2.05, 4.69) is 18.1 Å². The molecule has 0 amide bonds. The number of ether oxygens (including phenoxy) is 1. The van der Waals surface area contributed by atoms with Crippen LogP contribution in [0.5, 0.6) is 0 Å². The van der Waals surface area contributed by atoms with Crippen molar-refractivity contribution in [3.05, 3.63) is 53.3 Å². The standard InChI is InChI=1S/C27H38N2O4S/c1-3-4-5-6-7-8-9-10-11-12-13-23-14-18-26(19-15-23)34(30,31)33-29-27-22-25(32-2)17-16-24(27)20-21-28/h14-19H,3-13,20,22H2,1-2H3. The Morgan fingerprint density at radius 1 is 0.941 bits per heavy atom. The molecule has 7 heteroatoms. The van der Waals surface area contributed by atoms with Gasteiger partial charge in [-0.2, -0.15) is 13.7 Å². The Balaban J connectivity index is 1.79. The first-order chi connectivity index (χ1) is 16.5. The van der Waals surface area contributed by atoms with E-state index in [-0.39, 0.29) is 17.7 Å². The van der Waals surface area contributed by atoms with E-state index in [1.54, 1.807) is 24.3 Å². The number of hydrogen-bond donors (Lipinski definition) is 0. The zero-order chi connectivity index (χ0) is 24.7. The maximum absolute atomic E-state index is 12.6. The van der Waals surface area contributed by atoms with Crippen LogP contribution in [0.3, 0.4) is 0 Å². The number of nitrogens with zero attached hydrogens (tertiary/aromatic N) is 2. The number of unbranched alkanes of at least 4 members (excludes halogenated alkanes) is 9. The molecule has 1 aliphatic carbocycles. The van der Waals surface area contributed by atoms with Crippen LogP contribution < -0.4 is 0 Å². The van der Waals surface area contributed by atoms with Gasteiger partial charge in [0, 0.05) is 0 Å². The normalized spacial score (nSPS) is 14.9. The molecule has 0 saturated carbocycles. The third-order valence-corrected chi connectivity index (χ3v) is 7.11. The molecule has 0 spiro atoms.